The van der Waals surface area contributed by atoms with Crippen LogP contribution in [0.3, 0.4) is 0 Å². The normalized spacial score (nSPS) is 16.1. The van der Waals surface area contributed by atoms with E-state index in [-0.39, 0.29) is 19.0 Å². The van der Waals surface area contributed by atoms with Gasteiger partial charge < -0.3 is 14.2 Å². The number of carbonyl (C=O) groups is 1. The third kappa shape index (κ3) is 4.74. The van der Waals surface area contributed by atoms with Gasteiger partial charge in [-0.05, 0) is 48.6 Å². The molecular weight excluding hydrogens is 568 g/mol. The zero-order chi connectivity index (χ0) is 27.8. The highest BCUT2D eigenvalue weighted by Crippen LogP contribution is 2.38. The van der Waals surface area contributed by atoms with Gasteiger partial charge in [0.15, 0.2) is 16.3 Å². The molecule has 202 valence electrons. The Kier molecular flexibility index (Phi) is 7.27. The van der Waals surface area contributed by atoms with Crippen LogP contribution in [0.1, 0.15) is 29.7 Å². The van der Waals surface area contributed by atoms with Gasteiger partial charge in [-0.1, -0.05) is 65.4 Å². The zero-order valence-corrected chi connectivity index (χ0v) is 23.9. The minimum atomic E-state index is -0.740. The van der Waals surface area contributed by atoms with Crippen molar-refractivity contribution >= 4 is 52.4 Å². The standard InChI is InChI=1S/C30H23ClN2O5S2/c1-3-36-29(35)25-26(17-7-5-4-6-8-17)32-30-33(27(25)18-9-11-20(39-2)12-10-18)28(34)24(40-30)14-19-13-22-23(15-21(19)31)38-16-37-22/h4-15,27H,3,16H2,1-2H3/b24-14-/t27-/m0/s1. The predicted octanol–water partition coefficient (Wildman–Crippen LogP) is 5.04. The van der Waals surface area contributed by atoms with Crippen LogP contribution in [0, 0.1) is 0 Å². The van der Waals surface area contributed by atoms with Crippen LogP contribution in [0.15, 0.2) is 87.0 Å². The van der Waals surface area contributed by atoms with E-state index >= 15 is 0 Å². The Hall–Kier alpha value is -3.79. The summed E-state index contributed by atoms with van der Waals surface area (Å²) >= 11 is 9.38. The summed E-state index contributed by atoms with van der Waals surface area (Å²) < 4.78 is 18.4. The van der Waals surface area contributed by atoms with E-state index in [9.17, 15) is 9.59 Å². The molecule has 1 atom stereocenters. The van der Waals surface area contributed by atoms with E-state index < -0.39 is 12.0 Å². The largest absolute Gasteiger partial charge is 0.463 e. The molecule has 0 fully saturated rings. The third-order valence-electron chi connectivity index (χ3n) is 6.58. The van der Waals surface area contributed by atoms with Crippen molar-refractivity contribution in [2.45, 2.75) is 17.9 Å². The van der Waals surface area contributed by atoms with Crippen molar-refractivity contribution in [3.8, 4) is 11.5 Å². The zero-order valence-electron chi connectivity index (χ0n) is 21.5. The van der Waals surface area contributed by atoms with Gasteiger partial charge in [-0.15, -0.1) is 11.8 Å². The summed E-state index contributed by atoms with van der Waals surface area (Å²) in [6.45, 7) is 2.06. The lowest BCUT2D eigenvalue weighted by atomic mass is 9.93. The second-order valence-corrected chi connectivity index (χ2v) is 11.2. The second-order valence-electron chi connectivity index (χ2n) is 8.93. The van der Waals surface area contributed by atoms with Gasteiger partial charge in [-0.25, -0.2) is 9.79 Å². The average molecular weight is 591 g/mol. The highest BCUT2D eigenvalue weighted by molar-refractivity contribution is 7.98. The SMILES string of the molecule is CCOC(=O)C1=C(c2ccccc2)N=c2s/c(=C\c3cc4c(cc3Cl)OCO4)c(=O)n2[C@H]1c1ccc(SC)cc1. The van der Waals surface area contributed by atoms with E-state index in [1.54, 1.807) is 41.5 Å². The molecule has 3 heterocycles. The van der Waals surface area contributed by atoms with Gasteiger partial charge in [-0.3, -0.25) is 9.36 Å². The summed E-state index contributed by atoms with van der Waals surface area (Å²) in [5.41, 5.74) is 2.65. The fraction of sp³-hybridized carbons (Fsp3) is 0.167. The summed E-state index contributed by atoms with van der Waals surface area (Å²) in [6, 6.07) is 20.0. The van der Waals surface area contributed by atoms with Crippen LogP contribution >= 0.6 is 34.7 Å². The molecule has 0 bridgehead atoms. The van der Waals surface area contributed by atoms with E-state index in [0.29, 0.717) is 42.7 Å². The van der Waals surface area contributed by atoms with Crippen molar-refractivity contribution in [1.29, 1.82) is 0 Å². The van der Waals surface area contributed by atoms with Crippen molar-refractivity contribution in [3.63, 3.8) is 0 Å². The predicted molar refractivity (Wildman–Crippen MR) is 157 cm³/mol. The van der Waals surface area contributed by atoms with Crippen LogP contribution in [-0.2, 0) is 9.53 Å². The van der Waals surface area contributed by atoms with Gasteiger partial charge in [0.1, 0.15) is 0 Å². The number of carbonyl (C=O) groups excluding carboxylic acids is 1. The van der Waals surface area contributed by atoms with Gasteiger partial charge in [0.25, 0.3) is 5.56 Å². The minimum absolute atomic E-state index is 0.117. The molecule has 0 spiro atoms. The maximum Gasteiger partial charge on any atom is 0.338 e. The number of aromatic nitrogens is 1. The Bertz CT molecular complexity index is 1830. The molecule has 7 nitrogen and oxygen atoms in total. The maximum absolute atomic E-state index is 14.0. The average Bonchev–Trinajstić information content (AvgIpc) is 3.56. The molecule has 4 aromatic rings. The Labute approximate surface area is 243 Å². The lowest BCUT2D eigenvalue weighted by Crippen LogP contribution is -2.40. The number of thioether (sulfide) groups is 1. The minimum Gasteiger partial charge on any atom is -0.463 e. The van der Waals surface area contributed by atoms with E-state index in [1.807, 2.05) is 60.9 Å². The van der Waals surface area contributed by atoms with Gasteiger partial charge in [-0.2, -0.15) is 0 Å². The van der Waals surface area contributed by atoms with E-state index in [2.05, 4.69) is 0 Å². The molecular formula is C30H23ClN2O5S2. The summed E-state index contributed by atoms with van der Waals surface area (Å²) in [6.07, 6.45) is 3.72. The first-order chi connectivity index (χ1) is 19.5. The highest BCUT2D eigenvalue weighted by Gasteiger charge is 2.35. The van der Waals surface area contributed by atoms with Crippen LogP contribution < -0.4 is 24.4 Å². The number of esters is 1. The highest BCUT2D eigenvalue weighted by atomic mass is 35.5. The molecule has 40 heavy (non-hydrogen) atoms. The van der Waals surface area contributed by atoms with Crippen LogP contribution in [0.5, 0.6) is 11.5 Å². The Morgan fingerprint density at radius 1 is 1.15 bits per heavy atom. The molecule has 0 radical (unpaired) electrons. The van der Waals surface area contributed by atoms with E-state index in [4.69, 9.17) is 30.8 Å². The first-order valence-electron chi connectivity index (χ1n) is 12.5. The van der Waals surface area contributed by atoms with E-state index in [0.717, 1.165) is 16.0 Å². The van der Waals surface area contributed by atoms with Gasteiger partial charge in [0, 0.05) is 16.5 Å². The smallest absolute Gasteiger partial charge is 0.338 e. The molecule has 10 heteroatoms. The molecule has 0 unspecified atom stereocenters. The second kappa shape index (κ2) is 11.0. The molecule has 0 N–H and O–H groups in total. The van der Waals surface area contributed by atoms with Gasteiger partial charge in [0.2, 0.25) is 6.79 Å². The quantitative estimate of drug-likeness (QED) is 0.231. The van der Waals surface area contributed by atoms with Crippen molar-refractivity contribution in [3.05, 3.63) is 114 Å². The summed E-state index contributed by atoms with van der Waals surface area (Å²) in [7, 11) is 0. The Morgan fingerprint density at radius 2 is 1.88 bits per heavy atom. The molecule has 0 amide bonds. The molecule has 2 aliphatic rings. The first-order valence-corrected chi connectivity index (χ1v) is 14.9. The first kappa shape index (κ1) is 26.4. The van der Waals surface area contributed by atoms with Crippen LogP contribution in [0.2, 0.25) is 5.02 Å². The number of thiazole rings is 1. The summed E-state index contributed by atoms with van der Waals surface area (Å²) in [5, 5.41) is 0.427. The fourth-order valence-corrected chi connectivity index (χ4v) is 6.34. The maximum atomic E-state index is 14.0. The lowest BCUT2D eigenvalue weighted by molar-refractivity contribution is -0.138. The molecule has 0 aliphatic carbocycles. The number of nitrogens with zero attached hydrogens (tertiary/aromatic N) is 2. The topological polar surface area (TPSA) is 79.1 Å². The number of rotatable bonds is 6. The number of fused-ring (bicyclic) bond motifs is 2. The molecule has 2 aliphatic heterocycles. The van der Waals surface area contributed by atoms with Crippen molar-refractivity contribution in [2.75, 3.05) is 19.7 Å². The Balaban J connectivity index is 1.62. The summed E-state index contributed by atoms with van der Waals surface area (Å²) in [4.78, 5) is 34.0. The number of halogens is 1. The number of ether oxygens (including phenoxy) is 3. The van der Waals surface area contributed by atoms with Gasteiger partial charge in [0.05, 0.1) is 33.5 Å². The number of hydrogen-bond acceptors (Lipinski definition) is 8. The van der Waals surface area contributed by atoms with Crippen LogP contribution in [-0.4, -0.2) is 30.2 Å². The number of benzene rings is 3. The lowest BCUT2D eigenvalue weighted by Gasteiger charge is -2.26. The molecule has 1 aromatic heterocycles. The van der Waals surface area contributed by atoms with Crippen LogP contribution in [0.25, 0.3) is 11.8 Å². The van der Waals surface area contributed by atoms with Crippen molar-refractivity contribution in [2.24, 2.45) is 4.99 Å². The van der Waals surface area contributed by atoms with Crippen molar-refractivity contribution in [1.82, 2.24) is 4.57 Å². The van der Waals surface area contributed by atoms with Crippen LogP contribution in [0.4, 0.5) is 0 Å². The molecule has 3 aromatic carbocycles. The third-order valence-corrected chi connectivity index (χ3v) is 8.64. The molecule has 0 saturated carbocycles. The van der Waals surface area contributed by atoms with E-state index in [1.165, 1.54) is 11.3 Å². The molecule has 0 saturated heterocycles. The monoisotopic (exact) mass is 590 g/mol. The van der Waals surface area contributed by atoms with Crippen molar-refractivity contribution < 1.29 is 19.0 Å². The Morgan fingerprint density at radius 3 is 2.58 bits per heavy atom. The summed E-state index contributed by atoms with van der Waals surface area (Å²) in [5.74, 6) is 0.604. The fourth-order valence-electron chi connectivity index (χ4n) is 4.73. The van der Waals surface area contributed by atoms with Gasteiger partial charge >= 0.3 is 5.97 Å². The molecule has 6 rings (SSSR count). The number of hydrogen-bond donors (Lipinski definition) is 0.